The second-order valence-electron chi connectivity index (χ2n) is 9.06. The van der Waals surface area contributed by atoms with Gasteiger partial charge in [0.2, 0.25) is 0 Å². The number of amidine groups is 1. The summed E-state index contributed by atoms with van der Waals surface area (Å²) < 4.78 is 0. The van der Waals surface area contributed by atoms with Crippen LogP contribution in [0.3, 0.4) is 0 Å². The lowest BCUT2D eigenvalue weighted by Gasteiger charge is -2.36. The van der Waals surface area contributed by atoms with Crippen molar-refractivity contribution in [3.63, 3.8) is 0 Å². The van der Waals surface area contributed by atoms with Crippen LogP contribution in [0.5, 0.6) is 0 Å². The quantitative estimate of drug-likeness (QED) is 0.832. The first kappa shape index (κ1) is 19.1. The van der Waals surface area contributed by atoms with Crippen LogP contribution in [-0.2, 0) is 15.6 Å². The fourth-order valence-electron chi connectivity index (χ4n) is 3.67. The van der Waals surface area contributed by atoms with E-state index in [1.165, 1.54) is 17.7 Å². The summed E-state index contributed by atoms with van der Waals surface area (Å²) in [6.45, 7) is 9.03. The molecule has 2 heterocycles. The summed E-state index contributed by atoms with van der Waals surface area (Å²) in [6, 6.07) is 0. The highest BCUT2D eigenvalue weighted by molar-refractivity contribution is 7.16. The highest BCUT2D eigenvalue weighted by Gasteiger charge is 2.47. The second-order valence-corrected chi connectivity index (χ2v) is 10.0. The molecular formula is C20H26N4O3S. The lowest BCUT2D eigenvalue weighted by molar-refractivity contribution is -0.125. The fraction of sp³-hybridized carbons (Fsp3) is 0.600. The Morgan fingerprint density at radius 2 is 2.07 bits per heavy atom. The number of hydrogen-bond donors (Lipinski definition) is 1. The van der Waals surface area contributed by atoms with Crippen LogP contribution in [0.15, 0.2) is 17.3 Å². The summed E-state index contributed by atoms with van der Waals surface area (Å²) in [6.07, 6.45) is 5.17. The molecule has 1 fully saturated rings. The van der Waals surface area contributed by atoms with Crippen molar-refractivity contribution >= 4 is 34.2 Å². The molecular weight excluding hydrogens is 376 g/mol. The van der Waals surface area contributed by atoms with E-state index in [2.05, 4.69) is 23.7 Å². The summed E-state index contributed by atoms with van der Waals surface area (Å²) in [4.78, 5) is 37.7. The Kier molecular flexibility index (Phi) is 4.37. The first-order valence-electron chi connectivity index (χ1n) is 9.64. The number of aliphatic imine (C=N–C) groups is 1. The van der Waals surface area contributed by atoms with Crippen molar-refractivity contribution < 1.29 is 14.7 Å². The molecule has 1 aliphatic heterocycles. The molecule has 8 heteroatoms. The molecule has 0 radical (unpaired) electrons. The third-order valence-corrected chi connectivity index (χ3v) is 7.25. The molecule has 150 valence electrons. The van der Waals surface area contributed by atoms with E-state index < -0.39 is 11.5 Å². The van der Waals surface area contributed by atoms with Gasteiger partial charge in [-0.25, -0.2) is 14.8 Å². The van der Waals surface area contributed by atoms with Crippen LogP contribution in [0.1, 0.15) is 57.5 Å². The molecule has 7 nitrogen and oxygen atoms in total. The molecule has 0 spiro atoms. The van der Waals surface area contributed by atoms with Gasteiger partial charge in [-0.2, -0.15) is 0 Å². The Hall–Kier alpha value is -2.22. The molecule has 1 amide bonds. The largest absolute Gasteiger partial charge is 0.465 e. The Labute approximate surface area is 168 Å². The zero-order valence-corrected chi connectivity index (χ0v) is 17.5. The zero-order chi connectivity index (χ0) is 20.3. The molecule has 0 saturated heterocycles. The molecule has 0 unspecified atom stereocenters. The molecule has 4 rings (SSSR count). The summed E-state index contributed by atoms with van der Waals surface area (Å²) in [7, 11) is 0. The molecule has 2 aliphatic carbocycles. The topological polar surface area (TPSA) is 86.1 Å². The average Bonchev–Trinajstić information content (AvgIpc) is 3.32. The molecule has 1 N–H and O–H groups in total. The van der Waals surface area contributed by atoms with E-state index in [1.807, 2.05) is 13.8 Å². The maximum atomic E-state index is 12.7. The smallest absolute Gasteiger partial charge is 0.412 e. The Bertz CT molecular complexity index is 895. The number of hydrogen-bond acceptors (Lipinski definition) is 6. The predicted octanol–water partition coefficient (Wildman–Crippen LogP) is 3.75. The summed E-state index contributed by atoms with van der Waals surface area (Å²) in [5.41, 5.74) is 0.0601. The number of rotatable bonds is 3. The number of nitrogens with zero attached hydrogens (tertiary/aromatic N) is 4. The number of fused-ring (bicyclic) bond motifs is 1. The van der Waals surface area contributed by atoms with Crippen LogP contribution >= 0.6 is 11.3 Å². The Morgan fingerprint density at radius 1 is 1.36 bits per heavy atom. The number of carbonyl (C=O) groups excluding carboxylic acids is 1. The Balaban J connectivity index is 1.72. The van der Waals surface area contributed by atoms with Crippen LogP contribution in [0.2, 0.25) is 0 Å². The number of carbonyl (C=O) groups is 2. The van der Waals surface area contributed by atoms with Gasteiger partial charge in [0.25, 0.3) is 0 Å². The Morgan fingerprint density at radius 3 is 2.64 bits per heavy atom. The van der Waals surface area contributed by atoms with Crippen molar-refractivity contribution in [1.82, 2.24) is 9.88 Å². The standard InChI is InChI=1S/C20H26N4O3S/c1-19(2)9-13(25)20(3,4)15-16(19)28-17(22-15)24(10-12-5-6-12)14-7-8-23(11-21-14)18(26)27/h7-8,12H,5-6,9-11H2,1-4H3,(H,26,27). The minimum absolute atomic E-state index is 0.0862. The van der Waals surface area contributed by atoms with Gasteiger partial charge in [0, 0.05) is 29.5 Å². The lowest BCUT2D eigenvalue weighted by atomic mass is 9.68. The van der Waals surface area contributed by atoms with Crippen molar-refractivity contribution in [2.45, 2.75) is 57.8 Å². The van der Waals surface area contributed by atoms with Crippen LogP contribution in [0, 0.1) is 5.92 Å². The van der Waals surface area contributed by atoms with E-state index in [0.29, 0.717) is 12.3 Å². The lowest BCUT2D eigenvalue weighted by Crippen LogP contribution is -2.41. The minimum atomic E-state index is -1.01. The number of carboxylic acid groups (broad SMARTS) is 1. The van der Waals surface area contributed by atoms with Crippen LogP contribution in [-0.4, -0.2) is 45.9 Å². The number of ketones is 1. The van der Waals surface area contributed by atoms with Crippen LogP contribution in [0.4, 0.5) is 9.93 Å². The normalized spacial score (nSPS) is 22.6. The van der Waals surface area contributed by atoms with Crippen LogP contribution in [0.25, 0.3) is 0 Å². The third kappa shape index (κ3) is 3.23. The van der Waals surface area contributed by atoms with E-state index in [-0.39, 0.29) is 17.9 Å². The fourth-order valence-corrected chi connectivity index (χ4v) is 5.02. The predicted molar refractivity (Wildman–Crippen MR) is 109 cm³/mol. The van der Waals surface area contributed by atoms with Crippen molar-refractivity contribution in [1.29, 1.82) is 0 Å². The maximum absolute atomic E-state index is 12.7. The number of anilines is 1. The molecule has 3 aliphatic rings. The van der Waals surface area contributed by atoms with Gasteiger partial charge in [-0.1, -0.05) is 13.8 Å². The number of thiazole rings is 1. The summed E-state index contributed by atoms with van der Waals surface area (Å²) in [5, 5.41) is 9.98. The molecule has 0 aromatic carbocycles. The van der Waals surface area contributed by atoms with E-state index >= 15 is 0 Å². The summed E-state index contributed by atoms with van der Waals surface area (Å²) >= 11 is 1.64. The molecule has 1 saturated carbocycles. The molecule has 0 atom stereocenters. The highest BCUT2D eigenvalue weighted by Crippen LogP contribution is 2.48. The molecule has 0 bridgehead atoms. The van der Waals surface area contributed by atoms with Crippen molar-refractivity contribution in [3.8, 4) is 0 Å². The molecule has 1 aromatic rings. The number of amides is 1. The van der Waals surface area contributed by atoms with Crippen molar-refractivity contribution in [3.05, 3.63) is 22.8 Å². The van der Waals surface area contributed by atoms with Gasteiger partial charge in [-0.3, -0.25) is 9.69 Å². The first-order chi connectivity index (χ1) is 13.1. The first-order valence-corrected chi connectivity index (χ1v) is 10.5. The average molecular weight is 403 g/mol. The zero-order valence-electron chi connectivity index (χ0n) is 16.7. The van der Waals surface area contributed by atoms with Crippen molar-refractivity contribution in [2.24, 2.45) is 10.9 Å². The van der Waals surface area contributed by atoms with Gasteiger partial charge in [0.15, 0.2) is 5.13 Å². The second kappa shape index (κ2) is 6.40. The van der Waals surface area contributed by atoms with Gasteiger partial charge in [0.1, 0.15) is 18.3 Å². The SMILES string of the molecule is CC1(C)CC(=O)C(C)(C)c2nc(N(CC3CC3)C3=NCN(C(=O)O)C=C3)sc21. The van der Waals surface area contributed by atoms with Crippen molar-refractivity contribution in [2.75, 3.05) is 18.1 Å². The summed E-state index contributed by atoms with van der Waals surface area (Å²) in [5.74, 6) is 1.57. The maximum Gasteiger partial charge on any atom is 0.412 e. The van der Waals surface area contributed by atoms with Gasteiger partial charge >= 0.3 is 6.09 Å². The molecule has 1 aromatic heterocycles. The van der Waals surface area contributed by atoms with Crippen LogP contribution < -0.4 is 4.90 Å². The van der Waals surface area contributed by atoms with E-state index in [4.69, 9.17) is 10.1 Å². The van der Waals surface area contributed by atoms with E-state index in [0.717, 1.165) is 28.1 Å². The van der Waals surface area contributed by atoms with Gasteiger partial charge < -0.3 is 10.0 Å². The molecule has 28 heavy (non-hydrogen) atoms. The van der Waals surface area contributed by atoms with Gasteiger partial charge in [0.05, 0.1) is 11.1 Å². The van der Waals surface area contributed by atoms with Gasteiger partial charge in [-0.05, 0) is 38.7 Å². The monoisotopic (exact) mass is 402 g/mol. The third-order valence-electron chi connectivity index (χ3n) is 5.80. The van der Waals surface area contributed by atoms with E-state index in [1.54, 1.807) is 23.6 Å². The minimum Gasteiger partial charge on any atom is -0.465 e. The van der Waals surface area contributed by atoms with E-state index in [9.17, 15) is 9.59 Å². The highest BCUT2D eigenvalue weighted by atomic mass is 32.1. The van der Waals surface area contributed by atoms with Gasteiger partial charge in [-0.15, -0.1) is 11.3 Å². The number of Topliss-reactive ketones (excluding diaryl/α,β-unsaturated/α-hetero) is 1. The number of aromatic nitrogens is 1.